The second-order valence-corrected chi connectivity index (χ2v) is 8.51. The minimum Gasteiger partial charge on any atom is -0.493 e. The molecular weight excluding hydrogens is 404 g/mol. The molecule has 1 atom stereocenters. The first-order chi connectivity index (χ1) is 13.2. The molecule has 2 N–H and O–H groups in total. The fraction of sp³-hybridized carbons (Fsp3) is 0.316. The fourth-order valence-electron chi connectivity index (χ4n) is 2.48. The third-order valence-electron chi connectivity index (χ3n) is 4.01. The molecule has 0 spiro atoms. The third-order valence-corrected chi connectivity index (χ3v) is 5.72. The number of halogens is 1. The summed E-state index contributed by atoms with van der Waals surface area (Å²) in [5.41, 5.74) is 0.457. The molecule has 7 nitrogen and oxygen atoms in total. The molecule has 0 fully saturated rings. The molecule has 0 aromatic heterocycles. The van der Waals surface area contributed by atoms with E-state index in [9.17, 15) is 13.2 Å². The van der Waals surface area contributed by atoms with E-state index in [1.54, 1.807) is 32.0 Å². The molecule has 0 aliphatic carbocycles. The molecule has 0 radical (unpaired) electrons. The van der Waals surface area contributed by atoms with E-state index in [2.05, 4.69) is 10.0 Å². The van der Waals surface area contributed by atoms with E-state index >= 15 is 0 Å². The van der Waals surface area contributed by atoms with Gasteiger partial charge in [-0.1, -0.05) is 25.4 Å². The molecule has 152 valence electrons. The van der Waals surface area contributed by atoms with Crippen LogP contribution in [0.2, 0.25) is 5.02 Å². The van der Waals surface area contributed by atoms with Gasteiger partial charge >= 0.3 is 0 Å². The van der Waals surface area contributed by atoms with Crippen LogP contribution in [-0.4, -0.2) is 34.6 Å². The number of benzene rings is 2. The van der Waals surface area contributed by atoms with Crippen molar-refractivity contribution < 1.29 is 22.7 Å². The number of carbonyl (C=O) groups is 1. The molecular formula is C19H23ClN2O5S. The highest BCUT2D eigenvalue weighted by atomic mass is 35.5. The van der Waals surface area contributed by atoms with E-state index in [4.69, 9.17) is 21.1 Å². The first-order valence-corrected chi connectivity index (χ1v) is 10.3. The number of nitrogens with one attached hydrogen (secondary N) is 2. The van der Waals surface area contributed by atoms with Crippen molar-refractivity contribution in [2.75, 3.05) is 19.5 Å². The first-order valence-electron chi connectivity index (χ1n) is 8.48. The smallest absolute Gasteiger partial charge is 0.242 e. The maximum Gasteiger partial charge on any atom is 0.242 e. The van der Waals surface area contributed by atoms with Gasteiger partial charge in [0.2, 0.25) is 15.9 Å². The summed E-state index contributed by atoms with van der Waals surface area (Å²) in [4.78, 5) is 12.8. The average molecular weight is 427 g/mol. The number of methoxy groups -OCH3 is 2. The van der Waals surface area contributed by atoms with E-state index < -0.39 is 22.0 Å². The average Bonchev–Trinajstić information content (AvgIpc) is 2.66. The Morgan fingerprint density at radius 1 is 1.00 bits per heavy atom. The molecule has 0 aliphatic rings. The van der Waals surface area contributed by atoms with Gasteiger partial charge in [0.15, 0.2) is 11.5 Å². The lowest BCUT2D eigenvalue weighted by molar-refractivity contribution is -0.118. The van der Waals surface area contributed by atoms with E-state index in [-0.39, 0.29) is 10.8 Å². The molecule has 0 heterocycles. The lowest BCUT2D eigenvalue weighted by Crippen LogP contribution is -2.47. The van der Waals surface area contributed by atoms with Gasteiger partial charge < -0.3 is 14.8 Å². The minimum atomic E-state index is -3.90. The highest BCUT2D eigenvalue weighted by Crippen LogP contribution is 2.30. The van der Waals surface area contributed by atoms with Crippen LogP contribution in [0.3, 0.4) is 0 Å². The zero-order chi connectivity index (χ0) is 20.9. The topological polar surface area (TPSA) is 93.7 Å². The molecule has 1 amide bonds. The van der Waals surface area contributed by atoms with Crippen LogP contribution >= 0.6 is 11.6 Å². The predicted octanol–water partition coefficient (Wildman–Crippen LogP) is 3.30. The SMILES string of the molecule is COc1ccc(NC(=O)[C@@H](NS(=O)(=O)c2ccc(Cl)cc2)C(C)C)cc1OC. The van der Waals surface area contributed by atoms with Crippen LogP contribution in [0.25, 0.3) is 0 Å². The molecule has 0 bridgehead atoms. The minimum absolute atomic E-state index is 0.0291. The number of hydrogen-bond acceptors (Lipinski definition) is 5. The highest BCUT2D eigenvalue weighted by Gasteiger charge is 2.28. The van der Waals surface area contributed by atoms with Gasteiger partial charge in [-0.05, 0) is 42.3 Å². The predicted molar refractivity (Wildman–Crippen MR) is 109 cm³/mol. The third kappa shape index (κ3) is 5.37. The number of sulfonamides is 1. The number of anilines is 1. The number of carbonyl (C=O) groups excluding carboxylic acids is 1. The number of amides is 1. The van der Waals surface area contributed by atoms with Crippen molar-refractivity contribution in [3.05, 3.63) is 47.5 Å². The van der Waals surface area contributed by atoms with Crippen molar-refractivity contribution in [1.29, 1.82) is 0 Å². The second kappa shape index (κ2) is 9.27. The maximum absolute atomic E-state index is 12.7. The Morgan fingerprint density at radius 2 is 1.61 bits per heavy atom. The highest BCUT2D eigenvalue weighted by molar-refractivity contribution is 7.89. The van der Waals surface area contributed by atoms with Gasteiger partial charge in [-0.25, -0.2) is 8.42 Å². The van der Waals surface area contributed by atoms with Crippen LogP contribution in [0.15, 0.2) is 47.4 Å². The summed E-state index contributed by atoms with van der Waals surface area (Å²) in [6.07, 6.45) is 0. The van der Waals surface area contributed by atoms with Gasteiger partial charge in [0.1, 0.15) is 6.04 Å². The number of hydrogen-bond donors (Lipinski definition) is 2. The van der Waals surface area contributed by atoms with E-state index in [1.165, 1.54) is 38.5 Å². The van der Waals surface area contributed by atoms with Crippen molar-refractivity contribution in [1.82, 2.24) is 4.72 Å². The van der Waals surface area contributed by atoms with Gasteiger partial charge in [-0.3, -0.25) is 4.79 Å². The van der Waals surface area contributed by atoms with Crippen molar-refractivity contribution in [3.63, 3.8) is 0 Å². The maximum atomic E-state index is 12.7. The Bertz CT molecular complexity index is 930. The Balaban J connectivity index is 2.21. The van der Waals surface area contributed by atoms with Gasteiger partial charge in [0.05, 0.1) is 19.1 Å². The summed E-state index contributed by atoms with van der Waals surface area (Å²) in [6, 6.07) is 9.63. The van der Waals surface area contributed by atoms with Crippen LogP contribution in [0.5, 0.6) is 11.5 Å². The Morgan fingerprint density at radius 3 is 2.14 bits per heavy atom. The molecule has 2 aromatic rings. The van der Waals surface area contributed by atoms with E-state index in [1.807, 2.05) is 0 Å². The van der Waals surface area contributed by atoms with Crippen molar-refractivity contribution in [2.24, 2.45) is 5.92 Å². The summed E-state index contributed by atoms with van der Waals surface area (Å²) < 4.78 is 38.1. The van der Waals surface area contributed by atoms with Gasteiger partial charge in [0, 0.05) is 16.8 Å². The van der Waals surface area contributed by atoms with Crippen LogP contribution in [0, 0.1) is 5.92 Å². The molecule has 2 aromatic carbocycles. The molecule has 0 saturated carbocycles. The number of ether oxygens (including phenoxy) is 2. The number of rotatable bonds is 8. The van der Waals surface area contributed by atoms with Crippen molar-refractivity contribution in [3.8, 4) is 11.5 Å². The van der Waals surface area contributed by atoms with Gasteiger partial charge in [0.25, 0.3) is 0 Å². The van der Waals surface area contributed by atoms with Crippen LogP contribution < -0.4 is 19.5 Å². The van der Waals surface area contributed by atoms with Crippen LogP contribution in [0.1, 0.15) is 13.8 Å². The van der Waals surface area contributed by atoms with Crippen molar-refractivity contribution >= 4 is 33.2 Å². The second-order valence-electron chi connectivity index (χ2n) is 6.36. The van der Waals surface area contributed by atoms with E-state index in [0.717, 1.165) is 0 Å². The zero-order valence-electron chi connectivity index (χ0n) is 16.0. The summed E-state index contributed by atoms with van der Waals surface area (Å²) in [7, 11) is -0.899. The lowest BCUT2D eigenvalue weighted by Gasteiger charge is -2.22. The van der Waals surface area contributed by atoms with Gasteiger partial charge in [-0.15, -0.1) is 0 Å². The normalized spacial score (nSPS) is 12.5. The Labute approximate surface area is 170 Å². The summed E-state index contributed by atoms with van der Waals surface area (Å²) in [5, 5.41) is 3.13. The van der Waals surface area contributed by atoms with Crippen LogP contribution in [-0.2, 0) is 14.8 Å². The van der Waals surface area contributed by atoms with Crippen LogP contribution in [0.4, 0.5) is 5.69 Å². The quantitative estimate of drug-likeness (QED) is 0.675. The zero-order valence-corrected chi connectivity index (χ0v) is 17.6. The molecule has 9 heteroatoms. The molecule has 2 rings (SSSR count). The molecule has 0 aliphatic heterocycles. The molecule has 0 unspecified atom stereocenters. The summed E-state index contributed by atoms with van der Waals surface area (Å²) in [5.74, 6) is 0.189. The molecule has 28 heavy (non-hydrogen) atoms. The summed E-state index contributed by atoms with van der Waals surface area (Å²) >= 11 is 5.81. The lowest BCUT2D eigenvalue weighted by atomic mass is 10.0. The van der Waals surface area contributed by atoms with Crippen molar-refractivity contribution in [2.45, 2.75) is 24.8 Å². The summed E-state index contributed by atoms with van der Waals surface area (Å²) in [6.45, 7) is 3.51. The Hall–Kier alpha value is -2.29. The van der Waals surface area contributed by atoms with E-state index in [0.29, 0.717) is 22.2 Å². The standard InChI is InChI=1S/C19H23ClN2O5S/c1-12(2)18(22-28(24,25)15-8-5-13(20)6-9-15)19(23)21-14-7-10-16(26-3)17(11-14)27-4/h5-12,18,22H,1-4H3,(H,21,23)/t18-/m0/s1. The monoisotopic (exact) mass is 426 g/mol. The largest absolute Gasteiger partial charge is 0.493 e. The molecule has 0 saturated heterocycles. The Kier molecular flexibility index (Phi) is 7.29. The fourth-order valence-corrected chi connectivity index (χ4v) is 3.95. The van der Waals surface area contributed by atoms with Gasteiger partial charge in [-0.2, -0.15) is 4.72 Å². The first kappa shape index (κ1) is 22.0.